The number of aromatic nitrogens is 1. The number of halogens is 1. The Kier molecular flexibility index (Phi) is 5.15. The molecule has 2 aromatic carbocycles. The fraction of sp³-hybridized carbons (Fsp3) is 0.182. The summed E-state index contributed by atoms with van der Waals surface area (Å²) in [6, 6.07) is 17.0. The average Bonchev–Trinajstić information content (AvgIpc) is 3.25. The van der Waals surface area contributed by atoms with E-state index in [4.69, 9.17) is 4.74 Å². The van der Waals surface area contributed by atoms with Gasteiger partial charge in [0.1, 0.15) is 6.61 Å². The monoisotopic (exact) mass is 453 g/mol. The summed E-state index contributed by atoms with van der Waals surface area (Å²) in [5.41, 5.74) is 4.57. The number of ether oxygens (including phenoxy) is 1. The third-order valence-corrected chi connectivity index (χ3v) is 5.44. The predicted molar refractivity (Wildman–Crippen MR) is 116 cm³/mol. The molecule has 29 heavy (non-hydrogen) atoms. The van der Waals surface area contributed by atoms with Gasteiger partial charge in [-0.1, -0.05) is 34.1 Å². The van der Waals surface area contributed by atoms with Crippen molar-refractivity contribution >= 4 is 39.3 Å². The number of hydrogen-bond donors (Lipinski definition) is 1. The third-order valence-electron chi connectivity index (χ3n) is 4.95. The van der Waals surface area contributed by atoms with Gasteiger partial charge in [0.2, 0.25) is 0 Å². The van der Waals surface area contributed by atoms with Crippen LogP contribution in [0.4, 0.5) is 16.2 Å². The van der Waals surface area contributed by atoms with Gasteiger partial charge in [0.25, 0.3) is 5.91 Å². The Morgan fingerprint density at radius 3 is 2.62 bits per heavy atom. The second kappa shape index (κ2) is 7.75. The highest BCUT2D eigenvalue weighted by atomic mass is 79.9. The Labute approximate surface area is 177 Å². The predicted octanol–water partition coefficient (Wildman–Crippen LogP) is 5.07. The van der Waals surface area contributed by atoms with E-state index in [1.54, 1.807) is 12.1 Å². The zero-order valence-corrected chi connectivity index (χ0v) is 17.7. The Balaban J connectivity index is 1.66. The first-order valence-corrected chi connectivity index (χ1v) is 10.0. The number of rotatable bonds is 4. The highest BCUT2D eigenvalue weighted by Gasteiger charge is 2.26. The maximum atomic E-state index is 13.1. The molecule has 0 aliphatic carbocycles. The highest BCUT2D eigenvalue weighted by molar-refractivity contribution is 9.10. The molecule has 0 radical (unpaired) electrons. The van der Waals surface area contributed by atoms with Gasteiger partial charge in [0.05, 0.1) is 23.5 Å². The molecule has 6 nitrogen and oxygen atoms in total. The summed E-state index contributed by atoms with van der Waals surface area (Å²) in [5.74, 6) is -0.223. The average molecular weight is 454 g/mol. The maximum absolute atomic E-state index is 13.1. The van der Waals surface area contributed by atoms with Crippen molar-refractivity contribution in [2.75, 3.05) is 23.4 Å². The van der Waals surface area contributed by atoms with Crippen molar-refractivity contribution in [2.45, 2.75) is 13.8 Å². The molecule has 148 valence electrons. The molecule has 1 aromatic heterocycles. The van der Waals surface area contributed by atoms with Gasteiger partial charge in [-0.05, 0) is 50.2 Å². The Hall–Kier alpha value is -3.06. The first kappa shape index (κ1) is 19.3. The van der Waals surface area contributed by atoms with Crippen LogP contribution in [0.25, 0.3) is 5.69 Å². The lowest BCUT2D eigenvalue weighted by molar-refractivity contribution is 0.102. The molecule has 1 aliphatic heterocycles. The molecule has 0 bridgehead atoms. The van der Waals surface area contributed by atoms with Crippen molar-refractivity contribution < 1.29 is 14.3 Å². The van der Waals surface area contributed by atoms with E-state index in [9.17, 15) is 9.59 Å². The molecule has 1 aliphatic rings. The summed E-state index contributed by atoms with van der Waals surface area (Å²) >= 11 is 3.50. The number of para-hydroxylation sites is 2. The van der Waals surface area contributed by atoms with Crippen LogP contribution < -0.4 is 10.2 Å². The highest BCUT2D eigenvalue weighted by Crippen LogP contribution is 2.29. The summed E-state index contributed by atoms with van der Waals surface area (Å²) in [5, 5.41) is 2.96. The zero-order valence-electron chi connectivity index (χ0n) is 16.1. The number of anilines is 2. The van der Waals surface area contributed by atoms with Crippen molar-refractivity contribution in [1.29, 1.82) is 0 Å². The van der Waals surface area contributed by atoms with Crippen molar-refractivity contribution in [3.8, 4) is 5.69 Å². The fourth-order valence-corrected chi connectivity index (χ4v) is 4.01. The van der Waals surface area contributed by atoms with Crippen LogP contribution in [0.3, 0.4) is 0 Å². The van der Waals surface area contributed by atoms with Gasteiger partial charge in [-0.2, -0.15) is 0 Å². The van der Waals surface area contributed by atoms with E-state index in [1.807, 2.05) is 60.9 Å². The number of nitrogens with one attached hydrogen (secondary N) is 1. The maximum Gasteiger partial charge on any atom is 0.414 e. The molecular formula is C22H20BrN3O3. The molecule has 7 heteroatoms. The van der Waals surface area contributed by atoms with Crippen LogP contribution in [0.2, 0.25) is 0 Å². The van der Waals surface area contributed by atoms with Crippen molar-refractivity contribution in [2.24, 2.45) is 0 Å². The third kappa shape index (κ3) is 3.65. The molecule has 2 heterocycles. The van der Waals surface area contributed by atoms with E-state index >= 15 is 0 Å². The summed E-state index contributed by atoms with van der Waals surface area (Å²) in [7, 11) is 0. The fourth-order valence-electron chi connectivity index (χ4n) is 3.62. The zero-order chi connectivity index (χ0) is 20.5. The number of carbonyl (C=O) groups is 2. The number of amides is 2. The minimum atomic E-state index is -0.403. The van der Waals surface area contributed by atoms with Crippen LogP contribution in [0.5, 0.6) is 0 Å². The van der Waals surface area contributed by atoms with Gasteiger partial charge in [-0.25, -0.2) is 4.79 Å². The van der Waals surface area contributed by atoms with Gasteiger partial charge >= 0.3 is 6.09 Å². The number of nitrogens with zero attached hydrogens (tertiary/aromatic N) is 2. The summed E-state index contributed by atoms with van der Waals surface area (Å²) in [6.07, 6.45) is -0.403. The van der Waals surface area contributed by atoms with E-state index in [1.165, 1.54) is 4.90 Å². The second-order valence-corrected chi connectivity index (χ2v) is 7.75. The molecule has 4 rings (SSSR count). The molecule has 0 unspecified atom stereocenters. The summed E-state index contributed by atoms with van der Waals surface area (Å²) in [4.78, 5) is 26.6. The Morgan fingerprint density at radius 1 is 1.10 bits per heavy atom. The van der Waals surface area contributed by atoms with Crippen LogP contribution in [0.15, 0.2) is 59.1 Å². The number of hydrogen-bond acceptors (Lipinski definition) is 3. The van der Waals surface area contributed by atoms with E-state index in [0.717, 1.165) is 21.5 Å². The number of aryl methyl sites for hydroxylation is 1. The largest absolute Gasteiger partial charge is 0.447 e. The van der Waals surface area contributed by atoms with Crippen LogP contribution in [-0.4, -0.2) is 29.7 Å². The first-order valence-electron chi connectivity index (χ1n) is 9.25. The smallest absolute Gasteiger partial charge is 0.414 e. The quantitative estimate of drug-likeness (QED) is 0.599. The van der Waals surface area contributed by atoms with E-state index in [0.29, 0.717) is 30.1 Å². The topological polar surface area (TPSA) is 63.6 Å². The molecule has 3 aromatic rings. The van der Waals surface area contributed by atoms with E-state index in [2.05, 4.69) is 21.2 Å². The normalized spacial score (nSPS) is 13.5. The van der Waals surface area contributed by atoms with Gasteiger partial charge in [-0.3, -0.25) is 9.69 Å². The van der Waals surface area contributed by atoms with Crippen molar-refractivity contribution in [3.05, 3.63) is 76.0 Å². The molecule has 0 spiro atoms. The molecule has 1 saturated heterocycles. The van der Waals surface area contributed by atoms with Crippen LogP contribution in [0, 0.1) is 13.8 Å². The van der Waals surface area contributed by atoms with Gasteiger partial charge in [0.15, 0.2) is 0 Å². The van der Waals surface area contributed by atoms with E-state index in [-0.39, 0.29) is 5.91 Å². The minimum absolute atomic E-state index is 0.223. The lowest BCUT2D eigenvalue weighted by atomic mass is 10.2. The lowest BCUT2D eigenvalue weighted by Crippen LogP contribution is -2.25. The van der Waals surface area contributed by atoms with Gasteiger partial charge in [0, 0.05) is 21.5 Å². The van der Waals surface area contributed by atoms with Gasteiger partial charge < -0.3 is 14.6 Å². The minimum Gasteiger partial charge on any atom is -0.447 e. The van der Waals surface area contributed by atoms with Crippen molar-refractivity contribution in [1.82, 2.24) is 4.57 Å². The SMILES string of the molecule is Cc1cc(C(=O)Nc2ccccc2N2CCOC2=O)c(C)n1-c1cccc(Br)c1. The Bertz CT molecular complexity index is 1110. The molecule has 0 atom stereocenters. The molecule has 0 saturated carbocycles. The molecular weight excluding hydrogens is 434 g/mol. The number of carbonyl (C=O) groups excluding carboxylic acids is 2. The van der Waals surface area contributed by atoms with Crippen molar-refractivity contribution in [3.63, 3.8) is 0 Å². The van der Waals surface area contributed by atoms with Crippen LogP contribution >= 0.6 is 15.9 Å². The van der Waals surface area contributed by atoms with Crippen LogP contribution in [0.1, 0.15) is 21.7 Å². The summed E-state index contributed by atoms with van der Waals surface area (Å²) in [6.45, 7) is 4.70. The Morgan fingerprint density at radius 2 is 1.90 bits per heavy atom. The van der Waals surface area contributed by atoms with E-state index < -0.39 is 6.09 Å². The number of benzene rings is 2. The van der Waals surface area contributed by atoms with Crippen LogP contribution in [-0.2, 0) is 4.74 Å². The standard InChI is InChI=1S/C22H20BrN3O3/c1-14-12-18(15(2)26(14)17-7-5-6-16(23)13-17)21(27)24-19-8-3-4-9-20(19)25-10-11-29-22(25)28/h3-9,12-13H,10-11H2,1-2H3,(H,24,27). The molecule has 2 amide bonds. The molecule has 1 N–H and O–H groups in total. The lowest BCUT2D eigenvalue weighted by Gasteiger charge is -2.17. The molecule has 1 fully saturated rings. The second-order valence-electron chi connectivity index (χ2n) is 6.84. The number of cyclic esters (lactones) is 1. The first-order chi connectivity index (χ1) is 14.0. The summed E-state index contributed by atoms with van der Waals surface area (Å²) < 4.78 is 8.05. The van der Waals surface area contributed by atoms with Gasteiger partial charge in [-0.15, -0.1) is 0 Å².